The smallest absolute Gasteiger partial charge is 0.417 e. The van der Waals surface area contributed by atoms with Crippen molar-refractivity contribution in [3.63, 3.8) is 0 Å². The van der Waals surface area contributed by atoms with Crippen LogP contribution in [0.3, 0.4) is 0 Å². The van der Waals surface area contributed by atoms with Gasteiger partial charge in [0, 0.05) is 17.5 Å². The zero-order valence-electron chi connectivity index (χ0n) is 13.7. The lowest BCUT2D eigenvalue weighted by molar-refractivity contribution is -0.137. The van der Waals surface area contributed by atoms with Gasteiger partial charge in [0.2, 0.25) is 0 Å². The monoisotopic (exact) mass is 366 g/mol. The summed E-state index contributed by atoms with van der Waals surface area (Å²) in [4.78, 5) is 12.4. The van der Waals surface area contributed by atoms with Crippen LogP contribution < -0.4 is 4.74 Å². The molecule has 0 N–H and O–H groups in total. The zero-order chi connectivity index (χ0) is 18.9. The fraction of sp³-hybridized carbons (Fsp3) is 0.222. The van der Waals surface area contributed by atoms with Gasteiger partial charge >= 0.3 is 6.18 Å². The predicted octanol–water partition coefficient (Wildman–Crippen LogP) is 4.10. The number of ether oxygens (including phenoxy) is 1. The molecule has 1 heterocycles. The molecule has 2 aromatic carbocycles. The molecule has 3 rings (SSSR count). The van der Waals surface area contributed by atoms with Crippen molar-refractivity contribution in [2.45, 2.75) is 12.6 Å². The Morgan fingerprint density at radius 1 is 1.19 bits per heavy atom. The van der Waals surface area contributed by atoms with E-state index in [0.717, 1.165) is 17.1 Å². The minimum atomic E-state index is -4.59. The Labute approximate surface area is 146 Å². The van der Waals surface area contributed by atoms with Crippen molar-refractivity contribution < 1.29 is 27.1 Å². The molecule has 1 amide bonds. The zero-order valence-corrected chi connectivity index (χ0v) is 13.7. The van der Waals surface area contributed by atoms with Gasteiger partial charge in [0.05, 0.1) is 24.9 Å². The van der Waals surface area contributed by atoms with E-state index in [1.165, 1.54) is 37.4 Å². The Hall–Kier alpha value is -2.90. The second-order valence-electron chi connectivity index (χ2n) is 5.64. The summed E-state index contributed by atoms with van der Waals surface area (Å²) in [5.74, 6) is -1.07. The van der Waals surface area contributed by atoms with Crippen molar-refractivity contribution in [2.75, 3.05) is 13.7 Å². The van der Waals surface area contributed by atoms with E-state index in [4.69, 9.17) is 4.74 Å². The van der Waals surface area contributed by atoms with E-state index in [1.807, 2.05) is 0 Å². The number of carbonyl (C=O) groups is 1. The van der Waals surface area contributed by atoms with E-state index in [0.29, 0.717) is 0 Å². The van der Waals surface area contributed by atoms with Gasteiger partial charge in [-0.3, -0.25) is 4.79 Å². The average molecular weight is 366 g/mol. The molecule has 0 saturated heterocycles. The molecule has 0 unspecified atom stereocenters. The molecule has 0 spiro atoms. The van der Waals surface area contributed by atoms with E-state index in [2.05, 4.69) is 5.10 Å². The van der Waals surface area contributed by atoms with Crippen LogP contribution in [0.4, 0.5) is 17.6 Å². The highest BCUT2D eigenvalue weighted by atomic mass is 19.4. The van der Waals surface area contributed by atoms with E-state index < -0.39 is 23.5 Å². The Balaban J connectivity index is 1.94. The third kappa shape index (κ3) is 3.54. The summed E-state index contributed by atoms with van der Waals surface area (Å²) in [5, 5.41) is 5.08. The topological polar surface area (TPSA) is 41.9 Å². The maximum absolute atomic E-state index is 13.4. The van der Waals surface area contributed by atoms with E-state index in [1.54, 1.807) is 0 Å². The number of methoxy groups -OCH3 is 1. The third-order valence-corrected chi connectivity index (χ3v) is 3.95. The highest BCUT2D eigenvalue weighted by Crippen LogP contribution is 2.36. The van der Waals surface area contributed by atoms with E-state index in [9.17, 15) is 22.4 Å². The molecule has 0 saturated carbocycles. The summed E-state index contributed by atoms with van der Waals surface area (Å²) in [6.45, 7) is 0.119. The maximum Gasteiger partial charge on any atom is 0.417 e. The van der Waals surface area contributed by atoms with Gasteiger partial charge in [-0.1, -0.05) is 6.07 Å². The van der Waals surface area contributed by atoms with Crippen molar-refractivity contribution in [3.8, 4) is 5.75 Å². The molecule has 0 fully saturated rings. The number of nitrogens with zero attached hydrogens (tertiary/aromatic N) is 2. The van der Waals surface area contributed by atoms with Gasteiger partial charge in [0.15, 0.2) is 0 Å². The number of hydrogen-bond acceptors (Lipinski definition) is 3. The summed E-state index contributed by atoms with van der Waals surface area (Å²) in [5.41, 5.74) is -0.756. The van der Waals surface area contributed by atoms with Gasteiger partial charge in [-0.15, -0.1) is 0 Å². The normalized spacial score (nSPS) is 14.3. The van der Waals surface area contributed by atoms with Crippen molar-refractivity contribution >= 4 is 11.6 Å². The van der Waals surface area contributed by atoms with Crippen LogP contribution in [-0.2, 0) is 6.18 Å². The molecule has 0 radical (unpaired) electrons. The number of rotatable bonds is 3. The first-order chi connectivity index (χ1) is 12.3. The van der Waals surface area contributed by atoms with Gasteiger partial charge in [0.1, 0.15) is 11.6 Å². The lowest BCUT2D eigenvalue weighted by Crippen LogP contribution is -2.23. The van der Waals surface area contributed by atoms with Crippen LogP contribution in [0, 0.1) is 5.82 Å². The Kier molecular flexibility index (Phi) is 4.67. The van der Waals surface area contributed by atoms with Crippen molar-refractivity contribution in [1.82, 2.24) is 5.01 Å². The number of alkyl halides is 3. The molecule has 4 nitrogen and oxygen atoms in total. The van der Waals surface area contributed by atoms with E-state index >= 15 is 0 Å². The molecule has 1 aliphatic rings. The number of benzene rings is 2. The fourth-order valence-corrected chi connectivity index (χ4v) is 2.70. The summed E-state index contributed by atoms with van der Waals surface area (Å²) in [6.07, 6.45) is -4.43. The minimum Gasteiger partial charge on any atom is -0.497 e. The number of hydrazone groups is 1. The van der Waals surface area contributed by atoms with Crippen LogP contribution >= 0.6 is 0 Å². The Morgan fingerprint density at radius 2 is 1.96 bits per heavy atom. The van der Waals surface area contributed by atoms with E-state index in [-0.39, 0.29) is 35.6 Å². The number of halogens is 4. The Morgan fingerprint density at radius 3 is 2.62 bits per heavy atom. The highest BCUT2D eigenvalue weighted by molar-refractivity contribution is 6.05. The first-order valence-electron chi connectivity index (χ1n) is 7.70. The van der Waals surface area contributed by atoms with Gasteiger partial charge in [-0.05, 0) is 36.4 Å². The molecule has 26 heavy (non-hydrogen) atoms. The molecule has 2 aromatic rings. The molecular formula is C18H14F4N2O2. The quantitative estimate of drug-likeness (QED) is 0.768. The lowest BCUT2D eigenvalue weighted by atomic mass is 10.0. The summed E-state index contributed by atoms with van der Waals surface area (Å²) in [7, 11) is 1.28. The van der Waals surface area contributed by atoms with Crippen LogP contribution in [-0.4, -0.2) is 30.3 Å². The van der Waals surface area contributed by atoms with Gasteiger partial charge in [-0.25, -0.2) is 9.40 Å². The molecule has 0 aliphatic carbocycles. The first kappa shape index (κ1) is 17.9. The second kappa shape index (κ2) is 6.78. The first-order valence-corrected chi connectivity index (χ1v) is 7.70. The molecule has 8 heteroatoms. The van der Waals surface area contributed by atoms with Crippen molar-refractivity contribution in [2.24, 2.45) is 5.10 Å². The summed E-state index contributed by atoms with van der Waals surface area (Å²) >= 11 is 0. The predicted molar refractivity (Wildman–Crippen MR) is 86.6 cm³/mol. The van der Waals surface area contributed by atoms with Crippen LogP contribution in [0.15, 0.2) is 47.6 Å². The van der Waals surface area contributed by atoms with Gasteiger partial charge < -0.3 is 4.74 Å². The molecule has 136 valence electrons. The largest absolute Gasteiger partial charge is 0.497 e. The van der Waals surface area contributed by atoms with Crippen molar-refractivity contribution in [1.29, 1.82) is 0 Å². The molecule has 0 atom stereocenters. The van der Waals surface area contributed by atoms with Crippen LogP contribution in [0.5, 0.6) is 5.75 Å². The fourth-order valence-electron chi connectivity index (χ4n) is 2.70. The van der Waals surface area contributed by atoms with Crippen LogP contribution in [0.2, 0.25) is 0 Å². The van der Waals surface area contributed by atoms with Gasteiger partial charge in [-0.2, -0.15) is 18.3 Å². The SMILES string of the molecule is COc1ccc(C2=NN(C(=O)c3cccc(F)c3)CC2)c(C(F)(F)F)c1. The molecular weight excluding hydrogens is 352 g/mol. The average Bonchev–Trinajstić information content (AvgIpc) is 3.09. The molecule has 1 aliphatic heterocycles. The highest BCUT2D eigenvalue weighted by Gasteiger charge is 2.36. The maximum atomic E-state index is 13.4. The Bertz CT molecular complexity index is 878. The molecule has 0 bridgehead atoms. The van der Waals surface area contributed by atoms with Crippen LogP contribution in [0.25, 0.3) is 0 Å². The lowest BCUT2D eigenvalue weighted by Gasteiger charge is -2.14. The molecule has 0 aromatic heterocycles. The standard InChI is InChI=1S/C18H14F4N2O2/c1-26-13-5-6-14(15(10-13)18(20,21)22)16-7-8-24(23-16)17(25)11-3-2-4-12(19)9-11/h2-6,9-10H,7-8H2,1H3. The number of carbonyl (C=O) groups excluding carboxylic acids is 1. The number of amides is 1. The summed E-state index contributed by atoms with van der Waals surface area (Å²) in [6, 6.07) is 8.64. The third-order valence-electron chi connectivity index (χ3n) is 3.95. The second-order valence-corrected chi connectivity index (χ2v) is 5.64. The number of hydrogen-bond donors (Lipinski definition) is 0. The van der Waals surface area contributed by atoms with Crippen molar-refractivity contribution in [3.05, 3.63) is 65.0 Å². The van der Waals surface area contributed by atoms with Crippen LogP contribution in [0.1, 0.15) is 27.9 Å². The minimum absolute atomic E-state index is 0.0763. The summed E-state index contributed by atoms with van der Waals surface area (Å²) < 4.78 is 58.2. The van der Waals surface area contributed by atoms with Gasteiger partial charge in [0.25, 0.3) is 5.91 Å².